The molecule has 0 bridgehead atoms. The first-order valence-corrected chi connectivity index (χ1v) is 7.37. The lowest BCUT2D eigenvalue weighted by Gasteiger charge is -2.12. The van der Waals surface area contributed by atoms with E-state index in [9.17, 15) is 18.0 Å². The molecule has 1 heterocycles. The lowest BCUT2D eigenvalue weighted by molar-refractivity contribution is -0.137. The molecule has 1 N–H and O–H groups in total. The number of halogens is 4. The van der Waals surface area contributed by atoms with Gasteiger partial charge in [-0.05, 0) is 45.0 Å². The molecule has 0 fully saturated rings. The standard InChI is InChI=1S/C16H16ClF3N2O/c1-4-22-9(2)7-12(10(22)3)15(23)21-11-5-6-14(17)13(8-11)16(18,19)20/h5-8H,4H2,1-3H3,(H,21,23). The molecule has 0 saturated heterocycles. The van der Waals surface area contributed by atoms with E-state index < -0.39 is 22.7 Å². The third-order valence-electron chi connectivity index (χ3n) is 3.66. The summed E-state index contributed by atoms with van der Waals surface area (Å²) in [5, 5.41) is 2.09. The summed E-state index contributed by atoms with van der Waals surface area (Å²) in [5.74, 6) is -0.451. The predicted molar refractivity (Wildman–Crippen MR) is 84.0 cm³/mol. The smallest absolute Gasteiger partial charge is 0.349 e. The van der Waals surface area contributed by atoms with Crippen molar-refractivity contribution in [3.05, 3.63) is 51.8 Å². The van der Waals surface area contributed by atoms with Gasteiger partial charge in [-0.3, -0.25) is 4.79 Å². The fourth-order valence-electron chi connectivity index (χ4n) is 2.54. The topological polar surface area (TPSA) is 34.0 Å². The molecular weight excluding hydrogens is 329 g/mol. The van der Waals surface area contributed by atoms with E-state index in [-0.39, 0.29) is 5.69 Å². The fraction of sp³-hybridized carbons (Fsp3) is 0.312. The number of aryl methyl sites for hydroxylation is 1. The molecule has 3 nitrogen and oxygen atoms in total. The second-order valence-electron chi connectivity index (χ2n) is 5.18. The van der Waals surface area contributed by atoms with Crippen molar-refractivity contribution in [2.75, 3.05) is 5.32 Å². The Morgan fingerprint density at radius 3 is 2.43 bits per heavy atom. The highest BCUT2D eigenvalue weighted by atomic mass is 35.5. The molecule has 0 spiro atoms. The largest absolute Gasteiger partial charge is 0.417 e. The number of carbonyl (C=O) groups is 1. The molecule has 0 aliphatic carbocycles. The van der Waals surface area contributed by atoms with Crippen LogP contribution >= 0.6 is 11.6 Å². The van der Waals surface area contributed by atoms with Crippen molar-refractivity contribution in [3.63, 3.8) is 0 Å². The van der Waals surface area contributed by atoms with Crippen molar-refractivity contribution < 1.29 is 18.0 Å². The Hall–Kier alpha value is -1.95. The molecule has 1 aromatic carbocycles. The van der Waals surface area contributed by atoms with Gasteiger partial charge in [0.25, 0.3) is 5.91 Å². The van der Waals surface area contributed by atoms with Crippen LogP contribution in [0.15, 0.2) is 24.3 Å². The molecule has 23 heavy (non-hydrogen) atoms. The molecule has 0 saturated carbocycles. The minimum Gasteiger partial charge on any atom is -0.349 e. The Morgan fingerprint density at radius 1 is 1.26 bits per heavy atom. The number of anilines is 1. The maximum atomic E-state index is 12.9. The molecule has 0 aliphatic heterocycles. The summed E-state index contributed by atoms with van der Waals surface area (Å²) in [6, 6.07) is 5.01. The molecule has 1 amide bonds. The maximum Gasteiger partial charge on any atom is 0.417 e. The van der Waals surface area contributed by atoms with Crippen LogP contribution in [-0.2, 0) is 12.7 Å². The van der Waals surface area contributed by atoms with Crippen molar-refractivity contribution >= 4 is 23.2 Å². The highest BCUT2D eigenvalue weighted by molar-refractivity contribution is 6.31. The van der Waals surface area contributed by atoms with Gasteiger partial charge in [-0.25, -0.2) is 0 Å². The third-order valence-corrected chi connectivity index (χ3v) is 3.99. The van der Waals surface area contributed by atoms with Crippen LogP contribution in [0.25, 0.3) is 0 Å². The Labute approximate surface area is 137 Å². The number of carbonyl (C=O) groups excluding carboxylic acids is 1. The molecule has 0 unspecified atom stereocenters. The van der Waals surface area contributed by atoms with Crippen LogP contribution in [0.4, 0.5) is 18.9 Å². The summed E-state index contributed by atoms with van der Waals surface area (Å²) in [7, 11) is 0. The summed E-state index contributed by atoms with van der Waals surface area (Å²) >= 11 is 5.57. The Balaban J connectivity index is 2.31. The van der Waals surface area contributed by atoms with E-state index in [0.29, 0.717) is 12.1 Å². The SMILES string of the molecule is CCn1c(C)cc(C(=O)Nc2ccc(Cl)c(C(F)(F)F)c2)c1C. The average molecular weight is 345 g/mol. The number of nitrogens with one attached hydrogen (secondary N) is 1. The Morgan fingerprint density at radius 2 is 1.91 bits per heavy atom. The number of hydrogen-bond acceptors (Lipinski definition) is 1. The van der Waals surface area contributed by atoms with E-state index in [1.807, 2.05) is 18.4 Å². The normalized spacial score (nSPS) is 11.6. The van der Waals surface area contributed by atoms with Crippen molar-refractivity contribution in [2.45, 2.75) is 33.5 Å². The van der Waals surface area contributed by atoms with E-state index in [4.69, 9.17) is 11.6 Å². The molecule has 0 radical (unpaired) electrons. The van der Waals surface area contributed by atoms with E-state index >= 15 is 0 Å². The molecule has 1 aromatic heterocycles. The van der Waals surface area contributed by atoms with Crippen LogP contribution in [0, 0.1) is 13.8 Å². The molecule has 0 aliphatic rings. The Kier molecular flexibility index (Phi) is 4.75. The van der Waals surface area contributed by atoms with Gasteiger partial charge < -0.3 is 9.88 Å². The highest BCUT2D eigenvalue weighted by Crippen LogP contribution is 2.36. The van der Waals surface area contributed by atoms with E-state index in [2.05, 4.69) is 5.32 Å². The van der Waals surface area contributed by atoms with E-state index in [1.54, 1.807) is 13.0 Å². The van der Waals surface area contributed by atoms with Crippen molar-refractivity contribution in [2.24, 2.45) is 0 Å². The first-order valence-electron chi connectivity index (χ1n) is 7.00. The van der Waals surface area contributed by atoms with Crippen LogP contribution in [0.2, 0.25) is 5.02 Å². The van der Waals surface area contributed by atoms with Gasteiger partial charge in [0.2, 0.25) is 0 Å². The van der Waals surface area contributed by atoms with Crippen molar-refractivity contribution in [1.82, 2.24) is 4.57 Å². The molecule has 0 atom stereocenters. The van der Waals surface area contributed by atoms with Crippen molar-refractivity contribution in [1.29, 1.82) is 0 Å². The Bertz CT molecular complexity index is 751. The summed E-state index contributed by atoms with van der Waals surface area (Å²) in [5.41, 5.74) is 1.20. The minimum atomic E-state index is -4.57. The van der Waals surface area contributed by atoms with Crippen LogP contribution in [0.5, 0.6) is 0 Å². The minimum absolute atomic E-state index is 0.0491. The third kappa shape index (κ3) is 3.52. The second kappa shape index (κ2) is 6.28. The monoisotopic (exact) mass is 344 g/mol. The first kappa shape index (κ1) is 17.4. The van der Waals surface area contributed by atoms with Gasteiger partial charge in [0, 0.05) is 23.6 Å². The van der Waals surface area contributed by atoms with Gasteiger partial charge in [0.05, 0.1) is 16.1 Å². The van der Waals surface area contributed by atoms with Crippen molar-refractivity contribution in [3.8, 4) is 0 Å². The van der Waals surface area contributed by atoms with Crippen LogP contribution in [0.3, 0.4) is 0 Å². The zero-order valence-electron chi connectivity index (χ0n) is 12.9. The summed E-state index contributed by atoms with van der Waals surface area (Å²) in [4.78, 5) is 12.3. The van der Waals surface area contributed by atoms with Gasteiger partial charge in [0.15, 0.2) is 0 Å². The maximum absolute atomic E-state index is 12.9. The highest BCUT2D eigenvalue weighted by Gasteiger charge is 2.33. The fourth-order valence-corrected chi connectivity index (χ4v) is 2.76. The number of alkyl halides is 3. The number of rotatable bonds is 3. The zero-order valence-corrected chi connectivity index (χ0v) is 13.6. The number of nitrogens with zero attached hydrogens (tertiary/aromatic N) is 1. The quantitative estimate of drug-likeness (QED) is 0.830. The lowest BCUT2D eigenvalue weighted by atomic mass is 10.1. The van der Waals surface area contributed by atoms with Crippen LogP contribution in [-0.4, -0.2) is 10.5 Å². The number of aromatic nitrogens is 1. The summed E-state index contributed by atoms with van der Waals surface area (Å²) < 4.78 is 40.5. The van der Waals surface area contributed by atoms with Gasteiger partial charge in [-0.2, -0.15) is 13.2 Å². The lowest BCUT2D eigenvalue weighted by Crippen LogP contribution is -2.14. The van der Waals surface area contributed by atoms with Gasteiger partial charge in [-0.15, -0.1) is 0 Å². The second-order valence-corrected chi connectivity index (χ2v) is 5.58. The molecule has 7 heteroatoms. The predicted octanol–water partition coefficient (Wildman–Crippen LogP) is 5.05. The zero-order chi connectivity index (χ0) is 17.4. The van der Waals surface area contributed by atoms with E-state index in [1.165, 1.54) is 6.07 Å². The van der Waals surface area contributed by atoms with Gasteiger partial charge >= 0.3 is 6.18 Å². The average Bonchev–Trinajstić information content (AvgIpc) is 2.74. The van der Waals surface area contributed by atoms with Crippen LogP contribution in [0.1, 0.15) is 34.2 Å². The number of benzene rings is 1. The molecule has 2 aromatic rings. The van der Waals surface area contributed by atoms with Crippen LogP contribution < -0.4 is 5.32 Å². The molecular formula is C16H16ClF3N2O. The summed E-state index contributed by atoms with van der Waals surface area (Å²) in [6.45, 7) is 6.34. The van der Waals surface area contributed by atoms with E-state index in [0.717, 1.165) is 23.5 Å². The molecule has 124 valence electrons. The van der Waals surface area contributed by atoms with Gasteiger partial charge in [-0.1, -0.05) is 11.6 Å². The number of amides is 1. The number of hydrogen-bond donors (Lipinski definition) is 1. The molecule has 2 rings (SSSR count). The summed E-state index contributed by atoms with van der Waals surface area (Å²) in [6.07, 6.45) is -4.57. The first-order chi connectivity index (χ1) is 10.6. The van der Waals surface area contributed by atoms with Gasteiger partial charge in [0.1, 0.15) is 0 Å².